The number of hydrogen-bond donors (Lipinski definition) is 2. The van der Waals surface area contributed by atoms with Crippen LogP contribution in [0.5, 0.6) is 0 Å². The molecule has 2 N–H and O–H groups in total. The van der Waals surface area contributed by atoms with Gasteiger partial charge in [0.25, 0.3) is 0 Å². The molecule has 0 spiro atoms. The Kier molecular flexibility index (Phi) is 5.23. The number of nitrogens with one attached hydrogen (secondary N) is 1. The summed E-state index contributed by atoms with van der Waals surface area (Å²) in [5.74, 6) is 1.57. The van der Waals surface area contributed by atoms with Gasteiger partial charge in [-0.25, -0.2) is 9.97 Å². The third-order valence-corrected chi connectivity index (χ3v) is 8.20. The number of morpholine rings is 1. The fraction of sp³-hybridized carbons (Fsp3) is 0.417. The number of nitrogens with zero attached hydrogens (tertiary/aromatic N) is 5. The second kappa shape index (κ2) is 8.30. The van der Waals surface area contributed by atoms with Crippen molar-refractivity contribution in [3.63, 3.8) is 0 Å². The summed E-state index contributed by atoms with van der Waals surface area (Å²) in [7, 11) is 0. The molecule has 2 aliphatic heterocycles. The molecular formula is C24H26N6O3S. The van der Waals surface area contributed by atoms with Crippen LogP contribution in [0, 0.1) is 0 Å². The zero-order valence-electron chi connectivity index (χ0n) is 19.0. The lowest BCUT2D eigenvalue weighted by molar-refractivity contribution is -0.133. The molecule has 2 fully saturated rings. The van der Waals surface area contributed by atoms with Gasteiger partial charge < -0.3 is 19.6 Å². The molecule has 1 aromatic carbocycles. The van der Waals surface area contributed by atoms with Gasteiger partial charge in [-0.15, -0.1) is 11.3 Å². The van der Waals surface area contributed by atoms with E-state index < -0.39 is 5.60 Å². The van der Waals surface area contributed by atoms with Crippen molar-refractivity contribution >= 4 is 44.2 Å². The molecule has 0 radical (unpaired) electrons. The first-order valence-electron chi connectivity index (χ1n) is 11.6. The number of benzene rings is 1. The molecule has 3 aromatic heterocycles. The van der Waals surface area contributed by atoms with Crippen molar-refractivity contribution in [1.82, 2.24) is 25.1 Å². The lowest BCUT2D eigenvalue weighted by atomic mass is 9.90. The Morgan fingerprint density at radius 2 is 1.97 bits per heavy atom. The molecule has 0 bridgehead atoms. The van der Waals surface area contributed by atoms with Crippen molar-refractivity contribution < 1.29 is 14.6 Å². The monoisotopic (exact) mass is 478 g/mol. The van der Waals surface area contributed by atoms with Crippen LogP contribution in [-0.4, -0.2) is 75.5 Å². The Bertz CT molecular complexity index is 1370. The van der Waals surface area contributed by atoms with Gasteiger partial charge in [0.1, 0.15) is 5.60 Å². The van der Waals surface area contributed by atoms with Crippen LogP contribution in [0.2, 0.25) is 0 Å². The van der Waals surface area contributed by atoms with E-state index in [9.17, 15) is 9.90 Å². The summed E-state index contributed by atoms with van der Waals surface area (Å²) < 4.78 is 6.55. The quantitative estimate of drug-likeness (QED) is 0.466. The van der Waals surface area contributed by atoms with Gasteiger partial charge in [0.2, 0.25) is 5.91 Å². The minimum absolute atomic E-state index is 0.0527. The number of aromatic nitrogens is 4. The predicted molar refractivity (Wildman–Crippen MR) is 131 cm³/mol. The number of aromatic amines is 1. The van der Waals surface area contributed by atoms with Crippen molar-refractivity contribution in [1.29, 1.82) is 0 Å². The van der Waals surface area contributed by atoms with Crippen LogP contribution in [-0.2, 0) is 15.1 Å². The van der Waals surface area contributed by atoms with Crippen LogP contribution in [0.3, 0.4) is 0 Å². The first kappa shape index (κ1) is 21.5. The number of anilines is 1. The molecule has 1 amide bonds. The number of hydrogen-bond acceptors (Lipinski definition) is 8. The maximum absolute atomic E-state index is 11.8. The lowest BCUT2D eigenvalue weighted by Crippen LogP contribution is -2.44. The number of amides is 1. The van der Waals surface area contributed by atoms with E-state index in [2.05, 4.69) is 15.1 Å². The summed E-state index contributed by atoms with van der Waals surface area (Å²) >= 11 is 1.56. The smallest absolute Gasteiger partial charge is 0.219 e. The summed E-state index contributed by atoms with van der Waals surface area (Å²) in [5.41, 5.74) is 1.72. The van der Waals surface area contributed by atoms with Gasteiger partial charge >= 0.3 is 0 Å². The number of carbonyl (C=O) groups excluding carboxylic acids is 1. The molecule has 0 saturated carbocycles. The van der Waals surface area contributed by atoms with Gasteiger partial charge in [-0.05, 0) is 25.0 Å². The molecule has 0 unspecified atom stereocenters. The van der Waals surface area contributed by atoms with Crippen molar-refractivity contribution in [2.24, 2.45) is 0 Å². The number of piperidine rings is 1. The van der Waals surface area contributed by atoms with E-state index in [1.807, 2.05) is 24.3 Å². The van der Waals surface area contributed by atoms with Crippen LogP contribution >= 0.6 is 11.3 Å². The number of aliphatic hydroxyl groups is 1. The van der Waals surface area contributed by atoms with Crippen LogP contribution in [0.15, 0.2) is 30.5 Å². The van der Waals surface area contributed by atoms with E-state index in [1.165, 1.54) is 0 Å². The second-order valence-corrected chi connectivity index (χ2v) is 10.0. The molecule has 6 rings (SSSR count). The highest BCUT2D eigenvalue weighted by atomic mass is 32.1. The molecule has 176 valence electrons. The predicted octanol–water partition coefficient (Wildman–Crippen LogP) is 2.90. The molecule has 4 aromatic rings. The average Bonchev–Trinajstić information content (AvgIpc) is 3.51. The van der Waals surface area contributed by atoms with E-state index in [1.54, 1.807) is 29.4 Å². The Hall–Kier alpha value is -3.08. The highest BCUT2D eigenvalue weighted by Crippen LogP contribution is 2.42. The van der Waals surface area contributed by atoms with E-state index in [-0.39, 0.29) is 5.91 Å². The van der Waals surface area contributed by atoms with E-state index in [4.69, 9.17) is 14.7 Å². The fourth-order valence-electron chi connectivity index (χ4n) is 4.86. The first-order valence-corrected chi connectivity index (χ1v) is 12.4. The zero-order chi connectivity index (χ0) is 23.3. The Labute approximate surface area is 200 Å². The van der Waals surface area contributed by atoms with Crippen LogP contribution in [0.4, 0.5) is 5.82 Å². The minimum Gasteiger partial charge on any atom is -0.384 e. The summed E-state index contributed by atoms with van der Waals surface area (Å²) in [6, 6.07) is 7.98. The largest absolute Gasteiger partial charge is 0.384 e. The van der Waals surface area contributed by atoms with Gasteiger partial charge in [-0.1, -0.05) is 12.1 Å². The third-order valence-electron chi connectivity index (χ3n) is 6.88. The summed E-state index contributed by atoms with van der Waals surface area (Å²) in [6.45, 7) is 5.50. The number of H-pyrrole nitrogens is 1. The number of fused-ring (bicyclic) bond motifs is 2. The number of carbonyl (C=O) groups is 1. The summed E-state index contributed by atoms with van der Waals surface area (Å²) in [6.07, 6.45) is 2.83. The Morgan fingerprint density at radius 1 is 1.18 bits per heavy atom. The topological polar surface area (TPSA) is 107 Å². The van der Waals surface area contributed by atoms with Crippen molar-refractivity contribution in [3.05, 3.63) is 35.3 Å². The first-order chi connectivity index (χ1) is 16.5. The number of thiophene rings is 1. The Morgan fingerprint density at radius 3 is 2.74 bits per heavy atom. The van der Waals surface area contributed by atoms with Gasteiger partial charge in [-0.2, -0.15) is 5.10 Å². The number of ether oxygens (including phenoxy) is 1. The fourth-order valence-corrected chi connectivity index (χ4v) is 6.11. The molecule has 2 saturated heterocycles. The SMILES string of the molecule is CC(=O)N1CCC(O)(c2cc3nc(-c4cccc5[nH]ncc45)nc(N4CCOCC4)c3s2)CC1. The van der Waals surface area contributed by atoms with Gasteiger partial charge in [0, 0.05) is 48.9 Å². The third kappa shape index (κ3) is 3.62. The van der Waals surface area contributed by atoms with Gasteiger partial charge in [0.15, 0.2) is 11.6 Å². The highest BCUT2D eigenvalue weighted by molar-refractivity contribution is 7.19. The molecule has 34 heavy (non-hydrogen) atoms. The standard InChI is InChI=1S/C24H26N6O3S/c1-15(31)29-7-5-24(32,6-8-29)20-13-19-21(34-20)23(30-9-11-33-12-10-30)27-22(26-19)16-3-2-4-18-17(16)14-25-28-18/h2-4,13-14,32H,5-12H2,1H3,(H,25,28). The molecule has 10 heteroatoms. The van der Waals surface area contributed by atoms with Crippen molar-refractivity contribution in [2.75, 3.05) is 44.3 Å². The zero-order valence-corrected chi connectivity index (χ0v) is 19.8. The van der Waals surface area contributed by atoms with Gasteiger partial charge in [0.05, 0.1) is 35.1 Å². The number of likely N-dealkylation sites (tertiary alicyclic amines) is 1. The van der Waals surface area contributed by atoms with Crippen LogP contribution in [0.25, 0.3) is 32.5 Å². The Balaban J connectivity index is 1.47. The summed E-state index contributed by atoms with van der Waals surface area (Å²) in [4.78, 5) is 26.7. The molecule has 9 nitrogen and oxygen atoms in total. The van der Waals surface area contributed by atoms with E-state index in [0.717, 1.165) is 50.5 Å². The minimum atomic E-state index is -0.968. The molecule has 5 heterocycles. The number of rotatable bonds is 3. The second-order valence-electron chi connectivity index (χ2n) is 8.97. The molecule has 2 aliphatic rings. The normalized spacial score (nSPS) is 18.6. The van der Waals surface area contributed by atoms with Crippen molar-refractivity contribution in [3.8, 4) is 11.4 Å². The molecule has 0 atom stereocenters. The van der Waals surface area contributed by atoms with Gasteiger partial charge in [-0.3, -0.25) is 9.89 Å². The maximum atomic E-state index is 11.8. The summed E-state index contributed by atoms with van der Waals surface area (Å²) in [5, 5.41) is 19.7. The van der Waals surface area contributed by atoms with Crippen LogP contribution in [0.1, 0.15) is 24.6 Å². The molecular weight excluding hydrogens is 452 g/mol. The van der Waals surface area contributed by atoms with Crippen molar-refractivity contribution in [2.45, 2.75) is 25.4 Å². The average molecular weight is 479 g/mol. The maximum Gasteiger partial charge on any atom is 0.219 e. The van der Waals surface area contributed by atoms with E-state index in [0.29, 0.717) is 45.0 Å². The lowest BCUT2D eigenvalue weighted by Gasteiger charge is -2.37. The van der Waals surface area contributed by atoms with Crippen LogP contribution < -0.4 is 4.90 Å². The highest BCUT2D eigenvalue weighted by Gasteiger charge is 2.37. The van der Waals surface area contributed by atoms with E-state index >= 15 is 0 Å². The molecule has 0 aliphatic carbocycles.